The molecule has 0 aliphatic heterocycles. The van der Waals surface area contributed by atoms with Gasteiger partial charge in [-0.1, -0.05) is 61.5 Å². The van der Waals surface area contributed by atoms with Crippen molar-refractivity contribution in [1.29, 1.82) is 0 Å². The molecule has 0 aromatic heterocycles. The summed E-state index contributed by atoms with van der Waals surface area (Å²) in [7, 11) is 0. The molecule has 0 saturated carbocycles. The van der Waals surface area contributed by atoms with E-state index in [0.717, 1.165) is 6.42 Å². The minimum atomic E-state index is 0. The van der Waals surface area contributed by atoms with Gasteiger partial charge in [-0.2, -0.15) is 0 Å². The molecule has 2 rings (SSSR count). The van der Waals surface area contributed by atoms with Gasteiger partial charge in [-0.25, -0.2) is 0 Å². The molecule has 0 atom stereocenters. The van der Waals surface area contributed by atoms with Crippen LogP contribution in [0, 0.1) is 0 Å². The van der Waals surface area contributed by atoms with Gasteiger partial charge in [0.2, 0.25) is 0 Å². The second-order valence-corrected chi connectivity index (χ2v) is 3.38. The van der Waals surface area contributed by atoms with Crippen LogP contribution in [0.15, 0.2) is 54.6 Å². The number of benzene rings is 2. The lowest BCUT2D eigenvalue weighted by atomic mass is 9.98. The number of hydrogen-bond donors (Lipinski definition) is 0. The predicted octanol–water partition coefficient (Wildman–Crippen LogP) is 3.54. The predicted molar refractivity (Wildman–Crippen MR) is 67.0 cm³/mol. The van der Waals surface area contributed by atoms with E-state index in [0.29, 0.717) is 0 Å². The smallest absolute Gasteiger partial charge is 0 e. The Balaban J connectivity index is 0.00000112. The molecule has 0 unspecified atom stereocenters. The summed E-state index contributed by atoms with van der Waals surface area (Å²) in [5.41, 5.74) is 4.08. The summed E-state index contributed by atoms with van der Waals surface area (Å²) in [4.78, 5) is 0. The lowest BCUT2D eigenvalue weighted by Gasteiger charge is -2.06. The average molecular weight is 210 g/mol. The molecular formula is C14H14Si. The van der Waals surface area contributed by atoms with Gasteiger partial charge in [0.25, 0.3) is 0 Å². The summed E-state index contributed by atoms with van der Waals surface area (Å²) in [6.45, 7) is 2.20. The summed E-state index contributed by atoms with van der Waals surface area (Å²) in [5, 5.41) is 0. The molecule has 0 amide bonds. The average Bonchev–Trinajstić information content (AvgIpc) is 2.30. The van der Waals surface area contributed by atoms with Crippen LogP contribution in [-0.2, 0) is 6.42 Å². The number of rotatable bonds is 2. The topological polar surface area (TPSA) is 0 Å². The molecule has 0 bridgehead atoms. The molecule has 0 spiro atoms. The third-order valence-electron chi connectivity index (χ3n) is 2.48. The van der Waals surface area contributed by atoms with E-state index in [1.54, 1.807) is 0 Å². The molecule has 0 nitrogen and oxygen atoms in total. The maximum Gasteiger partial charge on any atom is 0 e. The molecule has 2 aromatic rings. The van der Waals surface area contributed by atoms with Gasteiger partial charge in [-0.3, -0.25) is 0 Å². The molecule has 0 N–H and O–H groups in total. The molecule has 0 fully saturated rings. The third-order valence-corrected chi connectivity index (χ3v) is 2.48. The van der Waals surface area contributed by atoms with Gasteiger partial charge < -0.3 is 0 Å². The second-order valence-electron chi connectivity index (χ2n) is 3.38. The first kappa shape index (κ1) is 11.7. The first-order valence-electron chi connectivity index (χ1n) is 5.05. The van der Waals surface area contributed by atoms with Gasteiger partial charge >= 0.3 is 0 Å². The Hall–Kier alpha value is -1.34. The lowest BCUT2D eigenvalue weighted by Crippen LogP contribution is -1.85. The van der Waals surface area contributed by atoms with E-state index in [1.807, 2.05) is 0 Å². The van der Waals surface area contributed by atoms with Gasteiger partial charge in [0, 0.05) is 11.0 Å². The van der Waals surface area contributed by atoms with Crippen molar-refractivity contribution in [1.82, 2.24) is 0 Å². The molecule has 4 radical (unpaired) electrons. The Bertz CT molecular complexity index is 407. The van der Waals surface area contributed by atoms with E-state index in [1.165, 1.54) is 16.7 Å². The minimum Gasteiger partial charge on any atom is -0.0622 e. The molecule has 0 heterocycles. The standard InChI is InChI=1S/C14H14.Si/c1-2-12-8-6-7-11-14(12)13-9-4-3-5-10-13;/h3-11H,2H2,1H3;. The van der Waals surface area contributed by atoms with Crippen molar-refractivity contribution in [2.45, 2.75) is 13.3 Å². The monoisotopic (exact) mass is 210 g/mol. The molecule has 15 heavy (non-hydrogen) atoms. The molecule has 0 saturated heterocycles. The minimum absolute atomic E-state index is 0. The Morgan fingerprint density at radius 3 is 2.07 bits per heavy atom. The van der Waals surface area contributed by atoms with Crippen molar-refractivity contribution in [2.75, 3.05) is 0 Å². The zero-order chi connectivity index (χ0) is 9.80. The molecule has 2 aromatic carbocycles. The molecule has 74 valence electrons. The van der Waals surface area contributed by atoms with Crippen molar-refractivity contribution in [3.8, 4) is 11.1 Å². The summed E-state index contributed by atoms with van der Waals surface area (Å²) in [6.07, 6.45) is 1.09. The highest BCUT2D eigenvalue weighted by atomic mass is 28.1. The van der Waals surface area contributed by atoms with Gasteiger partial charge in [0.05, 0.1) is 0 Å². The zero-order valence-corrected chi connectivity index (χ0v) is 9.90. The Morgan fingerprint density at radius 2 is 1.40 bits per heavy atom. The van der Waals surface area contributed by atoms with Crippen LogP contribution in [0.5, 0.6) is 0 Å². The zero-order valence-electron chi connectivity index (χ0n) is 8.90. The van der Waals surface area contributed by atoms with Crippen LogP contribution in [0.4, 0.5) is 0 Å². The van der Waals surface area contributed by atoms with Crippen molar-refractivity contribution in [3.05, 3.63) is 60.2 Å². The summed E-state index contributed by atoms with van der Waals surface area (Å²) in [5.74, 6) is 0. The largest absolute Gasteiger partial charge is 0.0622 e. The Morgan fingerprint density at radius 1 is 0.800 bits per heavy atom. The highest BCUT2D eigenvalue weighted by molar-refractivity contribution is 5.75. The molecular weight excluding hydrogens is 196 g/mol. The van der Waals surface area contributed by atoms with Gasteiger partial charge in [0.15, 0.2) is 0 Å². The fourth-order valence-corrected chi connectivity index (χ4v) is 1.73. The molecule has 0 aliphatic carbocycles. The van der Waals surface area contributed by atoms with E-state index >= 15 is 0 Å². The second kappa shape index (κ2) is 5.52. The van der Waals surface area contributed by atoms with Crippen molar-refractivity contribution in [2.24, 2.45) is 0 Å². The molecule has 0 aliphatic rings. The highest BCUT2D eigenvalue weighted by Gasteiger charge is 2.00. The fraction of sp³-hybridized carbons (Fsp3) is 0.143. The summed E-state index contributed by atoms with van der Waals surface area (Å²) in [6, 6.07) is 19.1. The Labute approximate surface area is 96.0 Å². The van der Waals surface area contributed by atoms with E-state index in [4.69, 9.17) is 0 Å². The maximum atomic E-state index is 2.20. The number of aryl methyl sites for hydroxylation is 1. The SMILES string of the molecule is CCc1ccccc1-c1ccccc1.[Si]. The number of hydrogen-bond acceptors (Lipinski definition) is 0. The quantitative estimate of drug-likeness (QED) is 0.665. The van der Waals surface area contributed by atoms with E-state index in [-0.39, 0.29) is 11.0 Å². The van der Waals surface area contributed by atoms with Crippen LogP contribution in [0.2, 0.25) is 0 Å². The van der Waals surface area contributed by atoms with E-state index in [2.05, 4.69) is 61.5 Å². The van der Waals surface area contributed by atoms with E-state index < -0.39 is 0 Å². The normalized spacial score (nSPS) is 9.40. The summed E-state index contributed by atoms with van der Waals surface area (Å²) < 4.78 is 0. The first-order valence-corrected chi connectivity index (χ1v) is 5.05. The van der Waals surface area contributed by atoms with Gasteiger partial charge in [0.1, 0.15) is 0 Å². The highest BCUT2D eigenvalue weighted by Crippen LogP contribution is 2.23. The Kier molecular flexibility index (Phi) is 4.31. The van der Waals surface area contributed by atoms with Crippen LogP contribution < -0.4 is 0 Å². The van der Waals surface area contributed by atoms with Crippen molar-refractivity contribution in [3.63, 3.8) is 0 Å². The van der Waals surface area contributed by atoms with Gasteiger partial charge in [-0.05, 0) is 23.1 Å². The van der Waals surface area contributed by atoms with Gasteiger partial charge in [-0.15, -0.1) is 0 Å². The summed E-state index contributed by atoms with van der Waals surface area (Å²) >= 11 is 0. The van der Waals surface area contributed by atoms with Crippen LogP contribution in [0.25, 0.3) is 11.1 Å². The van der Waals surface area contributed by atoms with Crippen LogP contribution in [0.3, 0.4) is 0 Å². The van der Waals surface area contributed by atoms with E-state index in [9.17, 15) is 0 Å². The van der Waals surface area contributed by atoms with Crippen LogP contribution in [0.1, 0.15) is 12.5 Å². The van der Waals surface area contributed by atoms with Crippen LogP contribution in [-0.4, -0.2) is 11.0 Å². The van der Waals surface area contributed by atoms with Crippen molar-refractivity contribution < 1.29 is 0 Å². The third kappa shape index (κ3) is 2.57. The lowest BCUT2D eigenvalue weighted by molar-refractivity contribution is 1.14. The first-order chi connectivity index (χ1) is 6.92. The maximum absolute atomic E-state index is 2.20. The van der Waals surface area contributed by atoms with Crippen LogP contribution >= 0.6 is 0 Å². The molecule has 1 heteroatoms. The fourth-order valence-electron chi connectivity index (χ4n) is 1.73. The van der Waals surface area contributed by atoms with Crippen molar-refractivity contribution >= 4 is 11.0 Å².